The Hall–Kier alpha value is -2.39. The summed E-state index contributed by atoms with van der Waals surface area (Å²) in [6.07, 6.45) is 2.53. The van der Waals surface area contributed by atoms with Crippen molar-refractivity contribution in [1.82, 2.24) is 9.88 Å². The van der Waals surface area contributed by atoms with E-state index < -0.39 is 6.09 Å². The Bertz CT molecular complexity index is 1180. The maximum Gasteiger partial charge on any atom is 0.407 e. The van der Waals surface area contributed by atoms with Gasteiger partial charge in [0.05, 0.1) is 35.5 Å². The molecule has 1 fully saturated rings. The van der Waals surface area contributed by atoms with Crippen LogP contribution in [0.5, 0.6) is 0 Å². The van der Waals surface area contributed by atoms with Crippen molar-refractivity contribution < 1.29 is 19.7 Å². The van der Waals surface area contributed by atoms with Crippen LogP contribution in [0.25, 0.3) is 21.3 Å². The third-order valence-electron chi connectivity index (χ3n) is 6.41. The summed E-state index contributed by atoms with van der Waals surface area (Å²) in [5.41, 5.74) is 5.12. The number of hydrogen-bond acceptors (Lipinski definition) is 6. The number of nitrogens with zero attached hydrogens (tertiary/aromatic N) is 3. The Morgan fingerprint density at radius 1 is 1.31 bits per heavy atom. The number of amides is 1. The SMILES string of the molecule is COC1CN(C(=O)O)CC1N1CCCc2cc(Cl)cc(-c3ccnc4cc(CO)sc34)c21. The van der Waals surface area contributed by atoms with Crippen molar-refractivity contribution in [2.24, 2.45) is 0 Å². The second-order valence-corrected chi connectivity index (χ2v) is 9.80. The normalized spacial score (nSPS) is 20.7. The first kappa shape index (κ1) is 21.5. The molecule has 2 N–H and O–H groups in total. The molecule has 0 saturated carbocycles. The number of thiophene rings is 1. The maximum atomic E-state index is 11.7. The quantitative estimate of drug-likeness (QED) is 0.589. The van der Waals surface area contributed by atoms with Crippen LogP contribution in [-0.4, -0.2) is 65.1 Å². The molecule has 0 aliphatic carbocycles. The van der Waals surface area contributed by atoms with Crippen LogP contribution >= 0.6 is 22.9 Å². The van der Waals surface area contributed by atoms with Crippen LogP contribution in [0.1, 0.15) is 16.9 Å². The summed E-state index contributed by atoms with van der Waals surface area (Å²) in [7, 11) is 1.64. The zero-order valence-electron chi connectivity index (χ0n) is 17.6. The van der Waals surface area contributed by atoms with Crippen LogP contribution in [0.2, 0.25) is 5.02 Å². The number of aliphatic hydroxyl groups is 1. The molecule has 3 aromatic rings. The number of aryl methyl sites for hydroxylation is 1. The number of rotatable bonds is 4. The lowest BCUT2D eigenvalue weighted by molar-refractivity contribution is 0.0934. The average Bonchev–Trinajstić information content (AvgIpc) is 3.42. The molecule has 1 aromatic carbocycles. The molecule has 0 spiro atoms. The van der Waals surface area contributed by atoms with Crippen molar-refractivity contribution in [2.45, 2.75) is 31.6 Å². The number of hydrogen-bond donors (Lipinski definition) is 2. The van der Waals surface area contributed by atoms with Gasteiger partial charge in [0.15, 0.2) is 0 Å². The van der Waals surface area contributed by atoms with Gasteiger partial charge in [0.25, 0.3) is 0 Å². The number of ether oxygens (including phenoxy) is 1. The summed E-state index contributed by atoms with van der Waals surface area (Å²) in [5.74, 6) is 0. The number of likely N-dealkylation sites (tertiary alicyclic amines) is 1. The van der Waals surface area contributed by atoms with Gasteiger partial charge in [0.1, 0.15) is 0 Å². The van der Waals surface area contributed by atoms with Gasteiger partial charge in [0.2, 0.25) is 0 Å². The van der Waals surface area contributed by atoms with Crippen LogP contribution in [-0.2, 0) is 17.8 Å². The Kier molecular flexibility index (Phi) is 5.71. The summed E-state index contributed by atoms with van der Waals surface area (Å²) in [6, 6.07) is 7.83. The van der Waals surface area contributed by atoms with Gasteiger partial charge >= 0.3 is 6.09 Å². The average molecular weight is 474 g/mol. The van der Waals surface area contributed by atoms with E-state index in [1.807, 2.05) is 24.3 Å². The van der Waals surface area contributed by atoms with Gasteiger partial charge in [0, 0.05) is 53.1 Å². The number of fused-ring (bicyclic) bond motifs is 2. The van der Waals surface area contributed by atoms with Gasteiger partial charge < -0.3 is 24.7 Å². The third kappa shape index (κ3) is 3.61. The van der Waals surface area contributed by atoms with Crippen LogP contribution in [0.3, 0.4) is 0 Å². The second kappa shape index (κ2) is 8.51. The predicted octanol–water partition coefficient (Wildman–Crippen LogP) is 4.24. The lowest BCUT2D eigenvalue weighted by atomic mass is 9.92. The molecule has 2 aliphatic rings. The number of pyridine rings is 1. The fourth-order valence-electron chi connectivity index (χ4n) is 5.00. The molecule has 4 heterocycles. The van der Waals surface area contributed by atoms with Gasteiger partial charge in [-0.05, 0) is 42.7 Å². The number of aliphatic hydroxyl groups excluding tert-OH is 1. The molecule has 2 aliphatic heterocycles. The third-order valence-corrected chi connectivity index (χ3v) is 7.77. The minimum atomic E-state index is -0.922. The highest BCUT2D eigenvalue weighted by atomic mass is 35.5. The van der Waals surface area contributed by atoms with Crippen molar-refractivity contribution in [3.05, 3.63) is 45.9 Å². The van der Waals surface area contributed by atoms with Crippen LogP contribution < -0.4 is 4.90 Å². The second-order valence-electron chi connectivity index (χ2n) is 8.23. The molecule has 1 saturated heterocycles. The van der Waals surface area contributed by atoms with Gasteiger partial charge in [-0.2, -0.15) is 0 Å². The highest BCUT2D eigenvalue weighted by molar-refractivity contribution is 7.19. The molecule has 32 heavy (non-hydrogen) atoms. The minimum Gasteiger partial charge on any atom is -0.465 e. The first-order valence-electron chi connectivity index (χ1n) is 10.6. The topological polar surface area (TPSA) is 86.1 Å². The Morgan fingerprint density at radius 3 is 2.91 bits per heavy atom. The van der Waals surface area contributed by atoms with Crippen molar-refractivity contribution >= 4 is 44.9 Å². The van der Waals surface area contributed by atoms with Crippen LogP contribution in [0.4, 0.5) is 10.5 Å². The molecular weight excluding hydrogens is 450 g/mol. The van der Waals surface area contributed by atoms with Gasteiger partial charge in [-0.25, -0.2) is 4.79 Å². The molecule has 0 bridgehead atoms. The van der Waals surface area contributed by atoms with Gasteiger partial charge in [-0.15, -0.1) is 11.3 Å². The van der Waals surface area contributed by atoms with Crippen molar-refractivity contribution in [1.29, 1.82) is 0 Å². The minimum absolute atomic E-state index is 0.0249. The van der Waals surface area contributed by atoms with E-state index in [0.29, 0.717) is 18.1 Å². The van der Waals surface area contributed by atoms with E-state index in [0.717, 1.165) is 56.9 Å². The first-order chi connectivity index (χ1) is 15.5. The van der Waals surface area contributed by atoms with Gasteiger partial charge in [-0.1, -0.05) is 11.6 Å². The molecule has 0 radical (unpaired) electrons. The predicted molar refractivity (Wildman–Crippen MR) is 126 cm³/mol. The number of halogens is 1. The van der Waals surface area contributed by atoms with Crippen LogP contribution in [0.15, 0.2) is 30.5 Å². The van der Waals surface area contributed by atoms with E-state index in [2.05, 4.69) is 9.88 Å². The highest BCUT2D eigenvalue weighted by Crippen LogP contribution is 2.45. The summed E-state index contributed by atoms with van der Waals surface area (Å²) < 4.78 is 6.73. The lowest BCUT2D eigenvalue weighted by Crippen LogP contribution is -2.47. The van der Waals surface area contributed by atoms with Crippen molar-refractivity contribution in [3.63, 3.8) is 0 Å². The smallest absolute Gasteiger partial charge is 0.407 e. The Labute approximate surface area is 194 Å². The number of aromatic nitrogens is 1. The molecule has 1 amide bonds. The summed E-state index contributed by atoms with van der Waals surface area (Å²) in [6.45, 7) is 1.55. The molecular formula is C23H24ClN3O4S. The maximum absolute atomic E-state index is 11.7. The van der Waals surface area contributed by atoms with E-state index in [9.17, 15) is 15.0 Å². The largest absolute Gasteiger partial charge is 0.465 e. The van der Waals surface area contributed by atoms with Crippen molar-refractivity contribution in [2.75, 3.05) is 31.6 Å². The van der Waals surface area contributed by atoms with E-state index in [-0.39, 0.29) is 18.8 Å². The zero-order valence-corrected chi connectivity index (χ0v) is 19.2. The van der Waals surface area contributed by atoms with E-state index in [1.54, 1.807) is 13.3 Å². The molecule has 2 aromatic heterocycles. The Balaban J connectivity index is 1.67. The molecule has 168 valence electrons. The fraction of sp³-hybridized carbons (Fsp3) is 0.391. The Morgan fingerprint density at radius 2 is 2.16 bits per heavy atom. The molecule has 2 atom stereocenters. The van der Waals surface area contributed by atoms with Crippen LogP contribution in [0, 0.1) is 0 Å². The standard InChI is InChI=1S/C23H24ClN3O4S/c1-31-20-11-26(23(29)30)10-19(20)27-6-2-3-13-7-14(24)8-17(21(13)27)16-4-5-25-18-9-15(12-28)32-22(16)18/h4-5,7-9,19-20,28H,2-3,6,10-12H2,1H3,(H,29,30). The summed E-state index contributed by atoms with van der Waals surface area (Å²) in [4.78, 5) is 20.7. The lowest BCUT2D eigenvalue weighted by Gasteiger charge is -2.39. The summed E-state index contributed by atoms with van der Waals surface area (Å²) >= 11 is 8.10. The highest BCUT2D eigenvalue weighted by Gasteiger charge is 2.41. The molecule has 2 unspecified atom stereocenters. The molecule has 5 rings (SSSR count). The molecule has 9 heteroatoms. The first-order valence-corrected chi connectivity index (χ1v) is 11.8. The van der Waals surface area contributed by atoms with Crippen molar-refractivity contribution in [3.8, 4) is 11.1 Å². The number of benzene rings is 1. The monoisotopic (exact) mass is 473 g/mol. The summed E-state index contributed by atoms with van der Waals surface area (Å²) in [5, 5.41) is 19.9. The van der Waals surface area contributed by atoms with E-state index in [4.69, 9.17) is 16.3 Å². The number of methoxy groups -OCH3 is 1. The number of carbonyl (C=O) groups is 1. The van der Waals surface area contributed by atoms with E-state index >= 15 is 0 Å². The van der Waals surface area contributed by atoms with Gasteiger partial charge in [-0.3, -0.25) is 4.98 Å². The zero-order chi connectivity index (χ0) is 22.4. The number of anilines is 1. The fourth-order valence-corrected chi connectivity index (χ4v) is 6.24. The van der Waals surface area contributed by atoms with E-state index in [1.165, 1.54) is 16.2 Å². The number of carboxylic acid groups (broad SMARTS) is 1. The molecule has 7 nitrogen and oxygen atoms in total.